The molecule has 4 rings (SSSR count). The molecule has 0 spiro atoms. The Hall–Kier alpha value is -3.38. The van der Waals surface area contributed by atoms with Gasteiger partial charge in [-0.3, -0.25) is 13.9 Å². The third-order valence-electron chi connectivity index (χ3n) is 5.41. The van der Waals surface area contributed by atoms with Gasteiger partial charge in [-0.15, -0.1) is 0 Å². The molecule has 0 radical (unpaired) electrons. The molecular formula is C25H25FN2O6S2. The summed E-state index contributed by atoms with van der Waals surface area (Å²) in [5, 5.41) is 3.06. The van der Waals surface area contributed by atoms with Crippen molar-refractivity contribution in [2.45, 2.75) is 13.0 Å². The van der Waals surface area contributed by atoms with Gasteiger partial charge in [-0.05, 0) is 41.8 Å². The van der Waals surface area contributed by atoms with Gasteiger partial charge in [-0.1, -0.05) is 65.4 Å². The zero-order valence-corrected chi connectivity index (χ0v) is 20.9. The number of carbonyl (C=O) groups excluding carboxylic acids is 1. The second-order valence-corrected chi connectivity index (χ2v) is 11.6. The monoisotopic (exact) mass is 532 g/mol. The first-order chi connectivity index (χ1) is 17.0. The second-order valence-electron chi connectivity index (χ2n) is 8.17. The summed E-state index contributed by atoms with van der Waals surface area (Å²) >= 11 is 0. The molecule has 0 aromatic heterocycles. The van der Waals surface area contributed by atoms with Crippen molar-refractivity contribution >= 4 is 31.7 Å². The molecule has 8 nitrogen and oxygen atoms in total. The highest BCUT2D eigenvalue weighted by Crippen LogP contribution is 2.62. The number of hydrogen-bond acceptors (Lipinski definition) is 7. The van der Waals surface area contributed by atoms with Crippen molar-refractivity contribution in [2.24, 2.45) is 0 Å². The van der Waals surface area contributed by atoms with E-state index in [0.29, 0.717) is 24.1 Å². The number of hydrogen-bond donors (Lipinski definition) is 3. The lowest BCUT2D eigenvalue weighted by Gasteiger charge is -2.38. The molecule has 36 heavy (non-hydrogen) atoms. The van der Waals surface area contributed by atoms with E-state index in [2.05, 4.69) is 5.32 Å². The van der Waals surface area contributed by atoms with E-state index < -0.39 is 32.6 Å². The molecule has 3 aromatic rings. The van der Waals surface area contributed by atoms with Gasteiger partial charge in [-0.2, -0.15) is 8.42 Å². The lowest BCUT2D eigenvalue weighted by atomic mass is 10.1. The summed E-state index contributed by atoms with van der Waals surface area (Å²) in [5.74, 6) is -0.811. The van der Waals surface area contributed by atoms with Gasteiger partial charge in [0.05, 0.1) is 12.8 Å². The number of amides is 1. The van der Waals surface area contributed by atoms with E-state index in [9.17, 15) is 26.7 Å². The summed E-state index contributed by atoms with van der Waals surface area (Å²) in [6.07, 6.45) is 1.43. The Bertz CT molecular complexity index is 1380. The largest absolute Gasteiger partial charge is 0.383 e. The van der Waals surface area contributed by atoms with Crippen molar-refractivity contribution < 1.29 is 30.9 Å². The van der Waals surface area contributed by atoms with Gasteiger partial charge in [-0.25, -0.2) is 8.70 Å². The molecule has 1 aliphatic heterocycles. The van der Waals surface area contributed by atoms with E-state index in [1.807, 2.05) is 0 Å². The summed E-state index contributed by atoms with van der Waals surface area (Å²) in [4.78, 5) is 13.5. The maximum atomic E-state index is 13.4. The minimum Gasteiger partial charge on any atom is -0.383 e. The Balaban J connectivity index is 1.55. The van der Waals surface area contributed by atoms with Gasteiger partial charge < -0.3 is 9.50 Å². The third-order valence-corrected chi connectivity index (χ3v) is 7.80. The van der Waals surface area contributed by atoms with Crippen LogP contribution in [0.25, 0.3) is 4.91 Å². The van der Waals surface area contributed by atoms with Gasteiger partial charge in [0.15, 0.2) is 0 Å². The van der Waals surface area contributed by atoms with Crippen LogP contribution in [0.1, 0.15) is 16.7 Å². The van der Waals surface area contributed by atoms with E-state index in [-0.39, 0.29) is 22.9 Å². The van der Waals surface area contributed by atoms with Crippen molar-refractivity contribution in [1.29, 1.82) is 0 Å². The molecule has 3 aromatic carbocycles. The fourth-order valence-corrected chi connectivity index (χ4v) is 5.99. The molecule has 0 atom stereocenters. The Morgan fingerprint density at radius 1 is 0.944 bits per heavy atom. The maximum absolute atomic E-state index is 13.4. The second kappa shape index (κ2) is 10.3. The SMILES string of the molecule is CS(=O)(=O)Oc1ccc(CCNC2=C(c3ccccc3)S(O)(O)N(Cc3ccc(F)cc3)C2=O)cc1. The number of carbonyl (C=O) groups is 1. The Labute approximate surface area is 210 Å². The summed E-state index contributed by atoms with van der Waals surface area (Å²) < 4.78 is 64.0. The van der Waals surface area contributed by atoms with E-state index in [1.54, 1.807) is 42.5 Å². The molecular weight excluding hydrogens is 507 g/mol. The Morgan fingerprint density at radius 2 is 1.56 bits per heavy atom. The lowest BCUT2D eigenvalue weighted by Crippen LogP contribution is -2.32. The Kier molecular flexibility index (Phi) is 7.36. The predicted octanol–water partition coefficient (Wildman–Crippen LogP) is 4.37. The summed E-state index contributed by atoms with van der Waals surface area (Å²) in [6, 6.07) is 20.6. The lowest BCUT2D eigenvalue weighted by molar-refractivity contribution is -0.123. The molecule has 1 heterocycles. The van der Waals surface area contributed by atoms with Crippen LogP contribution in [0.4, 0.5) is 4.39 Å². The van der Waals surface area contributed by atoms with Gasteiger partial charge in [0, 0.05) is 12.1 Å². The van der Waals surface area contributed by atoms with Gasteiger partial charge in [0.25, 0.3) is 5.91 Å². The van der Waals surface area contributed by atoms with E-state index >= 15 is 0 Å². The topological polar surface area (TPSA) is 116 Å². The molecule has 1 aliphatic rings. The molecule has 0 unspecified atom stereocenters. The molecule has 11 heteroatoms. The zero-order chi connectivity index (χ0) is 25.9. The summed E-state index contributed by atoms with van der Waals surface area (Å²) in [7, 11) is -7.29. The average molecular weight is 533 g/mol. The molecule has 0 aliphatic carbocycles. The molecule has 0 bridgehead atoms. The number of nitrogens with one attached hydrogen (secondary N) is 1. The number of rotatable bonds is 9. The van der Waals surface area contributed by atoms with Gasteiger partial charge in [0.1, 0.15) is 22.2 Å². The maximum Gasteiger partial charge on any atom is 0.306 e. The van der Waals surface area contributed by atoms with Crippen LogP contribution >= 0.6 is 10.8 Å². The van der Waals surface area contributed by atoms with Crippen LogP contribution in [-0.2, 0) is 27.9 Å². The normalized spacial score (nSPS) is 16.2. The van der Waals surface area contributed by atoms with Gasteiger partial charge >= 0.3 is 10.1 Å². The molecule has 0 saturated carbocycles. The van der Waals surface area contributed by atoms with Crippen LogP contribution in [0.5, 0.6) is 5.75 Å². The zero-order valence-electron chi connectivity index (χ0n) is 19.3. The summed E-state index contributed by atoms with van der Waals surface area (Å²) in [6.45, 7) is 0.189. The smallest absolute Gasteiger partial charge is 0.306 e. The van der Waals surface area contributed by atoms with Crippen LogP contribution in [-0.4, -0.2) is 40.5 Å². The number of halogens is 1. The minimum atomic E-state index is -3.67. The highest BCUT2D eigenvalue weighted by Gasteiger charge is 2.44. The minimum absolute atomic E-state index is 0.0836. The standard InChI is InChI=1S/C25H25FN2O6S2/c1-35(30,31)34-22-13-9-18(10-14-22)15-16-27-23-24(20-5-3-2-4-6-20)36(32,33)28(25(23)29)17-19-7-11-21(26)12-8-19/h2-14,27,32-33H,15-17H2,1H3. The molecule has 1 amide bonds. The quantitative estimate of drug-likeness (QED) is 0.351. The molecule has 0 saturated heterocycles. The number of nitrogens with zero attached hydrogens (tertiary/aromatic N) is 1. The van der Waals surface area contributed by atoms with Crippen molar-refractivity contribution in [3.63, 3.8) is 0 Å². The first-order valence-electron chi connectivity index (χ1n) is 10.9. The van der Waals surface area contributed by atoms with Crippen molar-refractivity contribution in [3.05, 3.63) is 107 Å². The molecule has 3 N–H and O–H groups in total. The van der Waals surface area contributed by atoms with Crippen molar-refractivity contribution in [1.82, 2.24) is 9.62 Å². The fraction of sp³-hybridized carbons (Fsp3) is 0.160. The summed E-state index contributed by atoms with van der Waals surface area (Å²) in [5.41, 5.74) is 1.98. The van der Waals surface area contributed by atoms with Crippen molar-refractivity contribution in [3.8, 4) is 5.75 Å². The Morgan fingerprint density at radius 3 is 2.17 bits per heavy atom. The first-order valence-corrected chi connectivity index (χ1v) is 14.2. The average Bonchev–Trinajstić information content (AvgIpc) is 3.01. The van der Waals surface area contributed by atoms with Crippen LogP contribution in [0.2, 0.25) is 0 Å². The number of benzene rings is 3. The van der Waals surface area contributed by atoms with E-state index in [4.69, 9.17) is 4.18 Å². The van der Waals surface area contributed by atoms with Crippen LogP contribution < -0.4 is 9.50 Å². The first kappa shape index (κ1) is 25.7. The van der Waals surface area contributed by atoms with Crippen LogP contribution in [0.3, 0.4) is 0 Å². The van der Waals surface area contributed by atoms with Gasteiger partial charge in [0.2, 0.25) is 0 Å². The van der Waals surface area contributed by atoms with E-state index in [0.717, 1.165) is 16.1 Å². The molecule has 190 valence electrons. The van der Waals surface area contributed by atoms with Crippen LogP contribution in [0.15, 0.2) is 84.6 Å². The highest BCUT2D eigenvalue weighted by molar-refractivity contribution is 8.31. The molecule has 0 fully saturated rings. The van der Waals surface area contributed by atoms with E-state index in [1.165, 1.54) is 36.4 Å². The third kappa shape index (κ3) is 5.88. The van der Waals surface area contributed by atoms with Crippen LogP contribution in [0, 0.1) is 5.82 Å². The highest BCUT2D eigenvalue weighted by atomic mass is 32.3. The predicted molar refractivity (Wildman–Crippen MR) is 137 cm³/mol. The fourth-order valence-electron chi connectivity index (χ4n) is 3.77. The van der Waals surface area contributed by atoms with Crippen molar-refractivity contribution in [2.75, 3.05) is 12.8 Å².